The molecule has 1 aromatic carbocycles. The Balaban J connectivity index is 1.74. The molecule has 106 valence electrons. The third-order valence-electron chi connectivity index (χ3n) is 3.90. The predicted molar refractivity (Wildman–Crippen MR) is 79.8 cm³/mol. The number of nitrogens with zero attached hydrogens (tertiary/aromatic N) is 1. The molecule has 1 heterocycles. The summed E-state index contributed by atoms with van der Waals surface area (Å²) in [6.45, 7) is 8.09. The Morgan fingerprint density at radius 1 is 1.42 bits per heavy atom. The Labute approximate surface area is 116 Å². The van der Waals surface area contributed by atoms with Gasteiger partial charge in [0.25, 0.3) is 0 Å². The van der Waals surface area contributed by atoms with Crippen LogP contribution in [0, 0.1) is 5.92 Å². The Hall–Kier alpha value is -1.06. The van der Waals surface area contributed by atoms with Crippen LogP contribution < -0.4 is 10.1 Å². The summed E-state index contributed by atoms with van der Waals surface area (Å²) in [6.07, 6.45) is 2.45. The van der Waals surface area contributed by atoms with Crippen LogP contribution in [0.4, 0.5) is 0 Å². The predicted octanol–water partition coefficient (Wildman–Crippen LogP) is 2.17. The van der Waals surface area contributed by atoms with E-state index in [-0.39, 0.29) is 0 Å². The first-order valence-corrected chi connectivity index (χ1v) is 7.37. The quantitative estimate of drug-likeness (QED) is 0.815. The highest BCUT2D eigenvalue weighted by Crippen LogP contribution is 2.17. The van der Waals surface area contributed by atoms with E-state index in [2.05, 4.69) is 35.3 Å². The molecule has 1 fully saturated rings. The van der Waals surface area contributed by atoms with Crippen LogP contribution >= 0.6 is 0 Å². The zero-order valence-electron chi connectivity index (χ0n) is 12.2. The van der Waals surface area contributed by atoms with Gasteiger partial charge in [-0.15, -0.1) is 0 Å². The van der Waals surface area contributed by atoms with Crippen molar-refractivity contribution in [2.24, 2.45) is 5.92 Å². The maximum absolute atomic E-state index is 5.27. The molecule has 3 heteroatoms. The minimum absolute atomic E-state index is 0.838. The van der Waals surface area contributed by atoms with Crippen molar-refractivity contribution in [3.63, 3.8) is 0 Å². The summed E-state index contributed by atoms with van der Waals surface area (Å²) in [5.74, 6) is 1.80. The van der Waals surface area contributed by atoms with Crippen molar-refractivity contribution in [1.29, 1.82) is 0 Å². The van der Waals surface area contributed by atoms with Gasteiger partial charge in [-0.1, -0.05) is 19.1 Å². The summed E-state index contributed by atoms with van der Waals surface area (Å²) in [4.78, 5) is 2.58. The number of hydrogen-bond acceptors (Lipinski definition) is 3. The molecule has 0 radical (unpaired) electrons. The lowest BCUT2D eigenvalue weighted by Gasteiger charge is -2.16. The molecule has 0 spiro atoms. The topological polar surface area (TPSA) is 24.5 Å². The molecule has 1 N–H and O–H groups in total. The van der Waals surface area contributed by atoms with E-state index in [9.17, 15) is 0 Å². The molecule has 1 unspecified atom stereocenters. The molecule has 1 aliphatic rings. The lowest BCUT2D eigenvalue weighted by atomic mass is 10.1. The normalized spacial score (nSPS) is 19.8. The van der Waals surface area contributed by atoms with Crippen LogP contribution in [-0.2, 0) is 6.42 Å². The number of rotatable bonds is 7. The molecule has 0 amide bonds. The fraction of sp³-hybridized carbons (Fsp3) is 0.625. The first-order valence-electron chi connectivity index (χ1n) is 7.37. The number of methoxy groups -OCH3 is 1. The fourth-order valence-electron chi connectivity index (χ4n) is 2.75. The minimum Gasteiger partial charge on any atom is -0.497 e. The van der Waals surface area contributed by atoms with Crippen LogP contribution in [0.5, 0.6) is 5.75 Å². The van der Waals surface area contributed by atoms with Gasteiger partial charge in [0.05, 0.1) is 7.11 Å². The highest BCUT2D eigenvalue weighted by molar-refractivity contribution is 5.28. The third kappa shape index (κ3) is 4.51. The number of benzene rings is 1. The number of likely N-dealkylation sites (tertiary alicyclic amines) is 1. The van der Waals surface area contributed by atoms with E-state index >= 15 is 0 Å². The van der Waals surface area contributed by atoms with Gasteiger partial charge in [0, 0.05) is 13.1 Å². The van der Waals surface area contributed by atoms with Gasteiger partial charge in [0.1, 0.15) is 5.75 Å². The summed E-state index contributed by atoms with van der Waals surface area (Å²) in [6, 6.07) is 8.42. The Kier molecular flexibility index (Phi) is 5.67. The molecule has 0 aromatic heterocycles. The average Bonchev–Trinajstić information content (AvgIpc) is 2.91. The van der Waals surface area contributed by atoms with E-state index in [1.807, 2.05) is 6.07 Å². The van der Waals surface area contributed by atoms with E-state index < -0.39 is 0 Å². The largest absolute Gasteiger partial charge is 0.497 e. The molecule has 0 bridgehead atoms. The van der Waals surface area contributed by atoms with Crippen LogP contribution in [0.1, 0.15) is 18.9 Å². The molecule has 1 aromatic rings. The molecule has 1 saturated heterocycles. The second kappa shape index (κ2) is 7.51. The van der Waals surface area contributed by atoms with Gasteiger partial charge in [0.2, 0.25) is 0 Å². The molecule has 19 heavy (non-hydrogen) atoms. The van der Waals surface area contributed by atoms with Gasteiger partial charge in [-0.05, 0) is 56.1 Å². The highest BCUT2D eigenvalue weighted by atomic mass is 16.5. The SMILES string of the molecule is CCNCC1CCN(CCc2cccc(OC)c2)C1. The summed E-state index contributed by atoms with van der Waals surface area (Å²) < 4.78 is 5.27. The fourth-order valence-corrected chi connectivity index (χ4v) is 2.75. The lowest BCUT2D eigenvalue weighted by Crippen LogP contribution is -2.27. The number of nitrogens with one attached hydrogen (secondary N) is 1. The van der Waals surface area contributed by atoms with Crippen LogP contribution in [-0.4, -0.2) is 44.7 Å². The standard InChI is InChI=1S/C16H26N2O/c1-3-17-12-15-8-10-18(13-15)9-7-14-5-4-6-16(11-14)19-2/h4-6,11,15,17H,3,7-10,12-13H2,1-2H3. The second-order valence-corrected chi connectivity index (χ2v) is 5.36. The molecular weight excluding hydrogens is 236 g/mol. The lowest BCUT2D eigenvalue weighted by molar-refractivity contribution is 0.326. The van der Waals surface area contributed by atoms with Crippen molar-refractivity contribution in [2.75, 3.05) is 39.8 Å². The summed E-state index contributed by atoms with van der Waals surface area (Å²) in [5.41, 5.74) is 1.37. The van der Waals surface area contributed by atoms with Crippen LogP contribution in [0.3, 0.4) is 0 Å². The molecule has 0 aliphatic carbocycles. The Bertz CT molecular complexity index is 381. The monoisotopic (exact) mass is 262 g/mol. The smallest absolute Gasteiger partial charge is 0.119 e. The zero-order valence-corrected chi connectivity index (χ0v) is 12.2. The maximum Gasteiger partial charge on any atom is 0.119 e. The average molecular weight is 262 g/mol. The van der Waals surface area contributed by atoms with Crippen molar-refractivity contribution < 1.29 is 4.74 Å². The third-order valence-corrected chi connectivity index (χ3v) is 3.90. The number of ether oxygens (including phenoxy) is 1. The van der Waals surface area contributed by atoms with Gasteiger partial charge in [-0.3, -0.25) is 0 Å². The molecule has 0 saturated carbocycles. The molecule has 2 rings (SSSR count). The van der Waals surface area contributed by atoms with E-state index in [0.717, 1.165) is 31.2 Å². The summed E-state index contributed by atoms with van der Waals surface area (Å²) >= 11 is 0. The van der Waals surface area contributed by atoms with E-state index in [1.165, 1.54) is 31.6 Å². The van der Waals surface area contributed by atoms with E-state index in [0.29, 0.717) is 0 Å². The van der Waals surface area contributed by atoms with Gasteiger partial charge < -0.3 is 15.0 Å². The Morgan fingerprint density at radius 3 is 3.11 bits per heavy atom. The van der Waals surface area contributed by atoms with Crippen molar-refractivity contribution in [1.82, 2.24) is 10.2 Å². The molecular formula is C16H26N2O. The van der Waals surface area contributed by atoms with Gasteiger partial charge in [-0.2, -0.15) is 0 Å². The van der Waals surface area contributed by atoms with Crippen LogP contribution in [0.2, 0.25) is 0 Å². The van der Waals surface area contributed by atoms with Crippen LogP contribution in [0.15, 0.2) is 24.3 Å². The van der Waals surface area contributed by atoms with Gasteiger partial charge in [0.15, 0.2) is 0 Å². The second-order valence-electron chi connectivity index (χ2n) is 5.36. The van der Waals surface area contributed by atoms with Crippen molar-refractivity contribution >= 4 is 0 Å². The van der Waals surface area contributed by atoms with E-state index in [1.54, 1.807) is 7.11 Å². The molecule has 1 aliphatic heterocycles. The highest BCUT2D eigenvalue weighted by Gasteiger charge is 2.21. The summed E-state index contributed by atoms with van der Waals surface area (Å²) in [7, 11) is 1.73. The molecule has 1 atom stereocenters. The zero-order chi connectivity index (χ0) is 13.5. The van der Waals surface area contributed by atoms with E-state index in [4.69, 9.17) is 4.74 Å². The maximum atomic E-state index is 5.27. The van der Waals surface area contributed by atoms with Gasteiger partial charge in [-0.25, -0.2) is 0 Å². The first kappa shape index (κ1) is 14.4. The molecule has 3 nitrogen and oxygen atoms in total. The number of hydrogen-bond donors (Lipinski definition) is 1. The van der Waals surface area contributed by atoms with Crippen molar-refractivity contribution in [3.8, 4) is 5.75 Å². The minimum atomic E-state index is 0.838. The summed E-state index contributed by atoms with van der Waals surface area (Å²) in [5, 5.41) is 3.46. The Morgan fingerprint density at radius 2 is 2.32 bits per heavy atom. The van der Waals surface area contributed by atoms with Crippen LogP contribution in [0.25, 0.3) is 0 Å². The van der Waals surface area contributed by atoms with Crippen molar-refractivity contribution in [2.45, 2.75) is 19.8 Å². The van der Waals surface area contributed by atoms with Gasteiger partial charge >= 0.3 is 0 Å². The first-order chi connectivity index (χ1) is 9.31. The van der Waals surface area contributed by atoms with Crippen molar-refractivity contribution in [3.05, 3.63) is 29.8 Å².